The summed E-state index contributed by atoms with van der Waals surface area (Å²) in [5, 5.41) is 5.40. The Hall–Kier alpha value is -0.550. The van der Waals surface area contributed by atoms with E-state index in [-0.39, 0.29) is 0 Å². The molecule has 2 rings (SSSR count). The van der Waals surface area contributed by atoms with E-state index in [9.17, 15) is 0 Å². The van der Waals surface area contributed by atoms with Crippen LogP contribution in [0.2, 0.25) is 5.02 Å². The van der Waals surface area contributed by atoms with Crippen molar-refractivity contribution in [3.63, 3.8) is 0 Å². The molecule has 0 saturated carbocycles. The monoisotopic (exact) mass is 360 g/mol. The molecular weight excluding hydrogens is 347 g/mol. The summed E-state index contributed by atoms with van der Waals surface area (Å²) in [7, 11) is 0. The number of halogens is 2. The molecular formula is C13H14ClIN2. The molecule has 0 amide bonds. The van der Waals surface area contributed by atoms with Gasteiger partial charge in [0.2, 0.25) is 0 Å². The molecule has 1 heterocycles. The van der Waals surface area contributed by atoms with Crippen molar-refractivity contribution in [3.05, 3.63) is 41.0 Å². The van der Waals surface area contributed by atoms with Gasteiger partial charge in [0.05, 0.1) is 10.7 Å². The van der Waals surface area contributed by atoms with Gasteiger partial charge in [0.25, 0.3) is 0 Å². The van der Waals surface area contributed by atoms with Crippen molar-refractivity contribution in [1.29, 1.82) is 0 Å². The standard InChI is InChI=1S/C13H14ClIN2/c1-9(2)17-8-10(7-15)13(16-17)11-5-3-4-6-12(11)14/h3-6,8-9H,7H2,1-2H3. The Morgan fingerprint density at radius 1 is 1.35 bits per heavy atom. The highest BCUT2D eigenvalue weighted by molar-refractivity contribution is 14.1. The highest BCUT2D eigenvalue weighted by atomic mass is 127. The molecule has 90 valence electrons. The zero-order valence-corrected chi connectivity index (χ0v) is 12.7. The summed E-state index contributed by atoms with van der Waals surface area (Å²) in [5.41, 5.74) is 3.24. The summed E-state index contributed by atoms with van der Waals surface area (Å²) in [4.78, 5) is 0. The van der Waals surface area contributed by atoms with Crippen LogP contribution in [-0.4, -0.2) is 9.78 Å². The number of alkyl halides is 1. The largest absolute Gasteiger partial charge is 0.269 e. The number of aromatic nitrogens is 2. The van der Waals surface area contributed by atoms with Gasteiger partial charge < -0.3 is 0 Å². The first-order chi connectivity index (χ1) is 8.13. The van der Waals surface area contributed by atoms with Crippen molar-refractivity contribution in [2.75, 3.05) is 0 Å². The van der Waals surface area contributed by atoms with E-state index in [0.29, 0.717) is 6.04 Å². The van der Waals surface area contributed by atoms with Crippen molar-refractivity contribution < 1.29 is 0 Å². The van der Waals surface area contributed by atoms with Crippen LogP contribution < -0.4 is 0 Å². The summed E-state index contributed by atoms with van der Waals surface area (Å²) in [5.74, 6) is 0. The molecule has 0 aliphatic heterocycles. The van der Waals surface area contributed by atoms with Crippen LogP contribution in [0, 0.1) is 0 Å². The molecule has 4 heteroatoms. The lowest BCUT2D eigenvalue weighted by Crippen LogP contribution is -2.00. The Morgan fingerprint density at radius 2 is 2.06 bits per heavy atom. The second-order valence-corrected chi connectivity index (χ2v) is 5.36. The third-order valence-electron chi connectivity index (χ3n) is 2.61. The molecule has 0 radical (unpaired) electrons. The number of benzene rings is 1. The van der Waals surface area contributed by atoms with E-state index in [4.69, 9.17) is 11.6 Å². The van der Waals surface area contributed by atoms with E-state index in [0.717, 1.165) is 20.7 Å². The first-order valence-corrected chi connectivity index (χ1v) is 7.42. The van der Waals surface area contributed by atoms with E-state index in [1.54, 1.807) is 0 Å². The van der Waals surface area contributed by atoms with Gasteiger partial charge in [-0.25, -0.2) is 0 Å². The summed E-state index contributed by atoms with van der Waals surface area (Å²) >= 11 is 8.58. The summed E-state index contributed by atoms with van der Waals surface area (Å²) in [6.07, 6.45) is 2.11. The second kappa shape index (κ2) is 5.40. The van der Waals surface area contributed by atoms with Crippen LogP contribution in [0.15, 0.2) is 30.5 Å². The van der Waals surface area contributed by atoms with E-state index in [1.807, 2.05) is 28.9 Å². The Bertz CT molecular complexity index is 520. The summed E-state index contributed by atoms with van der Waals surface area (Å²) in [6, 6.07) is 8.22. The van der Waals surface area contributed by atoms with Crippen LogP contribution in [0.4, 0.5) is 0 Å². The van der Waals surface area contributed by atoms with Gasteiger partial charge in [-0.2, -0.15) is 5.10 Å². The smallest absolute Gasteiger partial charge is 0.0978 e. The van der Waals surface area contributed by atoms with E-state index in [2.05, 4.69) is 47.7 Å². The fourth-order valence-corrected chi connectivity index (χ4v) is 2.46. The van der Waals surface area contributed by atoms with Gasteiger partial charge >= 0.3 is 0 Å². The minimum atomic E-state index is 0.368. The van der Waals surface area contributed by atoms with Crippen molar-refractivity contribution in [1.82, 2.24) is 9.78 Å². The molecule has 2 nitrogen and oxygen atoms in total. The van der Waals surface area contributed by atoms with Gasteiger partial charge in [0.15, 0.2) is 0 Å². The summed E-state index contributed by atoms with van der Waals surface area (Å²) < 4.78 is 2.93. The zero-order chi connectivity index (χ0) is 12.4. The van der Waals surface area contributed by atoms with Crippen LogP contribution in [0.1, 0.15) is 25.5 Å². The number of nitrogens with zero attached hydrogens (tertiary/aromatic N) is 2. The molecule has 0 spiro atoms. The maximum Gasteiger partial charge on any atom is 0.0978 e. The van der Waals surface area contributed by atoms with Gasteiger partial charge in [0.1, 0.15) is 0 Å². The normalized spacial score (nSPS) is 11.1. The highest BCUT2D eigenvalue weighted by Crippen LogP contribution is 2.30. The van der Waals surface area contributed by atoms with Crippen LogP contribution in [0.25, 0.3) is 11.3 Å². The minimum absolute atomic E-state index is 0.368. The fourth-order valence-electron chi connectivity index (χ4n) is 1.67. The molecule has 0 aliphatic rings. The molecule has 0 atom stereocenters. The number of hydrogen-bond acceptors (Lipinski definition) is 1. The Balaban J connectivity index is 2.55. The van der Waals surface area contributed by atoms with Crippen molar-refractivity contribution >= 4 is 34.2 Å². The second-order valence-electron chi connectivity index (χ2n) is 4.19. The van der Waals surface area contributed by atoms with Crippen LogP contribution in [0.5, 0.6) is 0 Å². The molecule has 17 heavy (non-hydrogen) atoms. The van der Waals surface area contributed by atoms with E-state index < -0.39 is 0 Å². The van der Waals surface area contributed by atoms with E-state index in [1.165, 1.54) is 5.56 Å². The van der Waals surface area contributed by atoms with Crippen LogP contribution >= 0.6 is 34.2 Å². The van der Waals surface area contributed by atoms with Crippen molar-refractivity contribution in [2.45, 2.75) is 24.3 Å². The molecule has 0 fully saturated rings. The fraction of sp³-hybridized carbons (Fsp3) is 0.308. The Labute approximate surface area is 120 Å². The Morgan fingerprint density at radius 3 is 2.65 bits per heavy atom. The zero-order valence-electron chi connectivity index (χ0n) is 9.82. The third-order valence-corrected chi connectivity index (χ3v) is 3.76. The lowest BCUT2D eigenvalue weighted by atomic mass is 10.1. The van der Waals surface area contributed by atoms with Gasteiger partial charge in [-0.3, -0.25) is 4.68 Å². The number of hydrogen-bond donors (Lipinski definition) is 0. The van der Waals surface area contributed by atoms with Crippen LogP contribution in [-0.2, 0) is 4.43 Å². The topological polar surface area (TPSA) is 17.8 Å². The molecule has 0 N–H and O–H groups in total. The molecule has 2 aromatic rings. The third kappa shape index (κ3) is 2.65. The van der Waals surface area contributed by atoms with E-state index >= 15 is 0 Å². The SMILES string of the molecule is CC(C)n1cc(CI)c(-c2ccccc2Cl)n1. The van der Waals surface area contributed by atoms with Gasteiger partial charge in [-0.1, -0.05) is 52.4 Å². The maximum atomic E-state index is 6.22. The summed E-state index contributed by atoms with van der Waals surface area (Å²) in [6.45, 7) is 4.25. The van der Waals surface area contributed by atoms with Gasteiger partial charge in [0, 0.05) is 27.8 Å². The van der Waals surface area contributed by atoms with Crippen LogP contribution in [0.3, 0.4) is 0 Å². The molecule has 1 aromatic heterocycles. The van der Waals surface area contributed by atoms with Crippen molar-refractivity contribution in [2.24, 2.45) is 0 Å². The minimum Gasteiger partial charge on any atom is -0.269 e. The quantitative estimate of drug-likeness (QED) is 0.572. The Kier molecular flexibility index (Phi) is 4.09. The maximum absolute atomic E-state index is 6.22. The molecule has 1 aromatic carbocycles. The average molecular weight is 361 g/mol. The average Bonchev–Trinajstić information content (AvgIpc) is 2.73. The van der Waals surface area contributed by atoms with Gasteiger partial charge in [-0.05, 0) is 19.9 Å². The highest BCUT2D eigenvalue weighted by Gasteiger charge is 2.13. The number of rotatable bonds is 3. The lowest BCUT2D eigenvalue weighted by Gasteiger charge is -2.04. The van der Waals surface area contributed by atoms with Gasteiger partial charge in [-0.15, -0.1) is 0 Å². The molecule has 0 unspecified atom stereocenters. The van der Waals surface area contributed by atoms with Crippen molar-refractivity contribution in [3.8, 4) is 11.3 Å². The molecule has 0 aliphatic carbocycles. The first kappa shape index (κ1) is 12.9. The first-order valence-electron chi connectivity index (χ1n) is 5.52. The predicted octanol–water partition coefficient (Wildman–Crippen LogP) is 4.72. The molecule has 0 bridgehead atoms. The lowest BCUT2D eigenvalue weighted by molar-refractivity contribution is 0.533. The predicted molar refractivity (Wildman–Crippen MR) is 80.8 cm³/mol. The molecule has 0 saturated heterocycles.